The van der Waals surface area contributed by atoms with Crippen LogP contribution in [-0.2, 0) is 12.0 Å². The van der Waals surface area contributed by atoms with E-state index >= 15 is 0 Å². The van der Waals surface area contributed by atoms with Gasteiger partial charge in [0.1, 0.15) is 11.4 Å². The van der Waals surface area contributed by atoms with Crippen LogP contribution in [0.3, 0.4) is 0 Å². The number of nitrogens with zero attached hydrogens (tertiary/aromatic N) is 4. The number of fused-ring (bicyclic) bond motifs is 2. The van der Waals surface area contributed by atoms with Crippen molar-refractivity contribution in [2.24, 2.45) is 0 Å². The van der Waals surface area contributed by atoms with Crippen LogP contribution in [0.15, 0.2) is 89.4 Å². The maximum atomic E-state index is 12.8. The van der Waals surface area contributed by atoms with Crippen LogP contribution in [0.25, 0.3) is 21.7 Å². The van der Waals surface area contributed by atoms with Crippen molar-refractivity contribution in [3.63, 3.8) is 0 Å². The summed E-state index contributed by atoms with van der Waals surface area (Å²) in [5, 5.41) is 27.4. The number of hydrogen-bond donors (Lipinski definition) is 2. The van der Waals surface area contributed by atoms with Crippen molar-refractivity contribution in [3.05, 3.63) is 112 Å². The summed E-state index contributed by atoms with van der Waals surface area (Å²) in [5.74, 6) is 0.921. The molecule has 7 rings (SSSR count). The molecule has 6 nitrogen and oxygen atoms in total. The van der Waals surface area contributed by atoms with E-state index in [0.717, 1.165) is 60.8 Å². The number of aromatic nitrogens is 1. The van der Waals surface area contributed by atoms with Crippen molar-refractivity contribution in [2.75, 3.05) is 49.6 Å². The van der Waals surface area contributed by atoms with Crippen LogP contribution in [0.1, 0.15) is 28.7 Å². The van der Waals surface area contributed by atoms with E-state index in [1.54, 1.807) is 0 Å². The molecule has 0 radical (unpaired) electrons. The Balaban J connectivity index is 1.46. The molecule has 2 N–H and O–H groups in total. The van der Waals surface area contributed by atoms with E-state index in [-0.39, 0.29) is 0 Å². The molecule has 2 aliphatic heterocycles. The van der Waals surface area contributed by atoms with Gasteiger partial charge in [0.25, 0.3) is 0 Å². The molecule has 1 aromatic heterocycles. The first-order valence-corrected chi connectivity index (χ1v) is 15.0. The Bertz CT molecular complexity index is 1750. The first-order valence-electron chi connectivity index (χ1n) is 14.2. The molecule has 5 aromatic rings. The second-order valence-electron chi connectivity index (χ2n) is 11.3. The third kappa shape index (κ3) is 4.77. The number of rotatable bonds is 4. The lowest BCUT2D eigenvalue weighted by Crippen LogP contribution is -2.45. The second-order valence-corrected chi connectivity index (χ2v) is 12.3. The predicted octanol–water partition coefficient (Wildman–Crippen LogP) is 6.33. The van der Waals surface area contributed by atoms with Crippen molar-refractivity contribution in [1.82, 2.24) is 10.0 Å². The van der Waals surface area contributed by atoms with Crippen LogP contribution < -0.4 is 9.80 Å². The van der Waals surface area contributed by atoms with E-state index in [4.69, 9.17) is 4.98 Å². The fourth-order valence-corrected chi connectivity index (χ4v) is 6.94. The summed E-state index contributed by atoms with van der Waals surface area (Å²) >= 11 is 3.77. The average molecular weight is 610 g/mol. The Hall–Kier alpha value is -3.49. The lowest BCUT2D eigenvalue weighted by molar-refractivity contribution is -0.0936. The van der Waals surface area contributed by atoms with Gasteiger partial charge in [-0.1, -0.05) is 70.5 Å². The molecule has 4 aromatic carbocycles. The Morgan fingerprint density at radius 1 is 0.829 bits per heavy atom. The average Bonchev–Trinajstić information content (AvgIpc) is 2.99. The van der Waals surface area contributed by atoms with Gasteiger partial charge in [-0.2, -0.15) is 5.06 Å². The molecule has 1 fully saturated rings. The van der Waals surface area contributed by atoms with Gasteiger partial charge in [-0.3, -0.25) is 0 Å². The van der Waals surface area contributed by atoms with E-state index < -0.39 is 5.60 Å². The third-order valence-electron chi connectivity index (χ3n) is 8.74. The molecular weight excluding hydrogens is 576 g/mol. The highest BCUT2D eigenvalue weighted by Gasteiger charge is 2.37. The number of benzene rings is 4. The predicted molar refractivity (Wildman–Crippen MR) is 169 cm³/mol. The first kappa shape index (κ1) is 26.4. The van der Waals surface area contributed by atoms with E-state index in [1.165, 1.54) is 10.6 Å². The van der Waals surface area contributed by atoms with Gasteiger partial charge in [0.05, 0.1) is 5.52 Å². The van der Waals surface area contributed by atoms with Crippen molar-refractivity contribution in [3.8, 4) is 0 Å². The van der Waals surface area contributed by atoms with Crippen LogP contribution >= 0.6 is 15.9 Å². The smallest absolute Gasteiger partial charge is 0.132 e. The fraction of sp³-hybridized carbons (Fsp3) is 0.265. The highest BCUT2D eigenvalue weighted by molar-refractivity contribution is 9.10. The van der Waals surface area contributed by atoms with Crippen LogP contribution in [-0.4, -0.2) is 60.1 Å². The van der Waals surface area contributed by atoms with Gasteiger partial charge in [0.15, 0.2) is 0 Å². The summed E-state index contributed by atoms with van der Waals surface area (Å²) in [6.45, 7) is 3.19. The molecule has 1 atom stereocenters. The Labute approximate surface area is 248 Å². The maximum Gasteiger partial charge on any atom is 0.132 e. The number of anilines is 2. The number of hydroxylamine groups is 2. The topological polar surface area (TPSA) is 63.1 Å². The fourth-order valence-electron chi connectivity index (χ4n) is 6.46. The lowest BCUT2D eigenvalue weighted by atomic mass is 9.79. The van der Waals surface area contributed by atoms with Crippen LogP contribution in [0.5, 0.6) is 0 Å². The SMILES string of the molecule is CN1CCC(O)(c2cc(Br)cc3cc(Cc4ccccc4)c(N4CCN(O)CC4)nc23)c2cccc3ccc1cc23. The standard InChI is InChI=1S/C34H33BrN4O2/c1-37-13-12-34(40,30-9-5-8-24-10-11-28(37)22-29(24)30)31-21-27(35)20-25-19-26(18-23-6-3-2-4-7-23)33(36-32(25)31)38-14-16-39(41)17-15-38/h2-11,19-22,40-41H,12-18H2,1H3. The zero-order chi connectivity index (χ0) is 28.1. The van der Waals surface area contributed by atoms with Gasteiger partial charge in [0.2, 0.25) is 0 Å². The van der Waals surface area contributed by atoms with E-state index in [1.807, 2.05) is 18.2 Å². The minimum atomic E-state index is -1.25. The molecule has 41 heavy (non-hydrogen) atoms. The molecule has 0 spiro atoms. The summed E-state index contributed by atoms with van der Waals surface area (Å²) in [6, 6.07) is 29.6. The van der Waals surface area contributed by atoms with Gasteiger partial charge >= 0.3 is 0 Å². The van der Waals surface area contributed by atoms with Crippen LogP contribution in [0.2, 0.25) is 0 Å². The van der Waals surface area contributed by atoms with Crippen molar-refractivity contribution >= 4 is 49.1 Å². The van der Waals surface area contributed by atoms with Gasteiger partial charge in [-0.05, 0) is 57.8 Å². The Morgan fingerprint density at radius 3 is 2.44 bits per heavy atom. The van der Waals surface area contributed by atoms with Gasteiger partial charge in [-0.15, -0.1) is 0 Å². The summed E-state index contributed by atoms with van der Waals surface area (Å²) in [5.41, 5.74) is 4.80. The molecule has 0 saturated carbocycles. The molecule has 208 valence electrons. The number of piperazine rings is 1. The zero-order valence-corrected chi connectivity index (χ0v) is 24.7. The minimum absolute atomic E-state index is 0.530. The summed E-state index contributed by atoms with van der Waals surface area (Å²) in [7, 11) is 2.08. The molecule has 3 heterocycles. The number of aliphatic hydroxyl groups is 1. The molecule has 0 amide bonds. The van der Waals surface area contributed by atoms with Gasteiger partial charge in [-0.25, -0.2) is 4.98 Å². The Kier molecular flexibility index (Phi) is 6.70. The first-order chi connectivity index (χ1) is 19.9. The van der Waals surface area contributed by atoms with E-state index in [9.17, 15) is 10.3 Å². The van der Waals surface area contributed by atoms with E-state index in [0.29, 0.717) is 39.1 Å². The molecule has 7 heteroatoms. The number of halogens is 1. The van der Waals surface area contributed by atoms with Crippen molar-refractivity contribution in [1.29, 1.82) is 0 Å². The molecular formula is C34H33BrN4O2. The highest BCUT2D eigenvalue weighted by Crippen LogP contribution is 2.44. The molecule has 1 unspecified atom stereocenters. The number of pyridine rings is 1. The summed E-state index contributed by atoms with van der Waals surface area (Å²) in [4.78, 5) is 9.87. The van der Waals surface area contributed by atoms with Gasteiger partial charge in [0, 0.05) is 73.7 Å². The zero-order valence-electron chi connectivity index (χ0n) is 23.1. The van der Waals surface area contributed by atoms with Crippen molar-refractivity contribution in [2.45, 2.75) is 18.4 Å². The third-order valence-corrected chi connectivity index (χ3v) is 9.20. The maximum absolute atomic E-state index is 12.8. The normalized spacial score (nSPS) is 19.6. The summed E-state index contributed by atoms with van der Waals surface area (Å²) < 4.78 is 0.916. The lowest BCUT2D eigenvalue weighted by Gasteiger charge is -2.36. The summed E-state index contributed by atoms with van der Waals surface area (Å²) in [6.07, 6.45) is 1.28. The van der Waals surface area contributed by atoms with Gasteiger partial charge < -0.3 is 20.1 Å². The molecule has 0 aliphatic carbocycles. The quantitative estimate of drug-likeness (QED) is 0.249. The Morgan fingerprint density at radius 2 is 1.63 bits per heavy atom. The second kappa shape index (κ2) is 10.4. The van der Waals surface area contributed by atoms with Crippen molar-refractivity contribution < 1.29 is 10.3 Å². The van der Waals surface area contributed by atoms with Crippen LogP contribution in [0.4, 0.5) is 11.5 Å². The molecule has 2 bridgehead atoms. The largest absolute Gasteiger partial charge is 0.380 e. The highest BCUT2D eigenvalue weighted by atomic mass is 79.9. The minimum Gasteiger partial charge on any atom is -0.380 e. The molecule has 2 aliphatic rings. The van der Waals surface area contributed by atoms with Crippen LogP contribution in [0, 0.1) is 0 Å². The monoisotopic (exact) mass is 608 g/mol. The number of hydrogen-bond acceptors (Lipinski definition) is 6. The molecule has 1 saturated heterocycles. The van der Waals surface area contributed by atoms with E-state index in [2.05, 4.69) is 99.5 Å².